The zero-order valence-corrected chi connectivity index (χ0v) is 13.3. The third kappa shape index (κ3) is 2.62. The van der Waals surface area contributed by atoms with E-state index in [1.807, 2.05) is 13.8 Å². The molecule has 6 heteroatoms. The van der Waals surface area contributed by atoms with E-state index in [0.29, 0.717) is 16.8 Å². The van der Waals surface area contributed by atoms with E-state index in [4.69, 9.17) is 5.73 Å². The fraction of sp³-hybridized carbons (Fsp3) is 0.167. The summed E-state index contributed by atoms with van der Waals surface area (Å²) in [7, 11) is 0. The van der Waals surface area contributed by atoms with Crippen LogP contribution in [0.4, 0.5) is 11.4 Å². The number of nitrogens with one attached hydrogen (secondary N) is 2. The van der Waals surface area contributed by atoms with Gasteiger partial charge in [0.15, 0.2) is 0 Å². The maximum absolute atomic E-state index is 12.4. The first kappa shape index (κ1) is 15.7. The third-order valence-electron chi connectivity index (χ3n) is 4.20. The maximum Gasteiger partial charge on any atom is 0.255 e. The van der Waals surface area contributed by atoms with Crippen LogP contribution in [0.15, 0.2) is 42.5 Å². The molecule has 0 aromatic heterocycles. The van der Waals surface area contributed by atoms with E-state index in [2.05, 4.69) is 10.6 Å². The molecule has 6 nitrogen and oxygen atoms in total. The lowest BCUT2D eigenvalue weighted by molar-refractivity contribution is -0.119. The molecule has 24 heavy (non-hydrogen) atoms. The van der Waals surface area contributed by atoms with Gasteiger partial charge in [-0.25, -0.2) is 0 Å². The van der Waals surface area contributed by atoms with Gasteiger partial charge >= 0.3 is 0 Å². The van der Waals surface area contributed by atoms with Crippen molar-refractivity contribution in [2.45, 2.75) is 19.3 Å². The van der Waals surface area contributed by atoms with Gasteiger partial charge < -0.3 is 16.4 Å². The minimum atomic E-state index is -0.672. The van der Waals surface area contributed by atoms with Gasteiger partial charge in [0.25, 0.3) is 5.91 Å². The molecule has 3 amide bonds. The monoisotopic (exact) mass is 323 g/mol. The van der Waals surface area contributed by atoms with Crippen LogP contribution in [0.1, 0.15) is 40.1 Å². The second-order valence-electron chi connectivity index (χ2n) is 6.24. The molecule has 0 fully saturated rings. The van der Waals surface area contributed by atoms with Crippen LogP contribution in [0.25, 0.3) is 0 Å². The molecule has 1 aliphatic heterocycles. The molecule has 0 saturated carbocycles. The minimum absolute atomic E-state index is 0.0860. The molecule has 0 atom stereocenters. The lowest BCUT2D eigenvalue weighted by Crippen LogP contribution is -2.27. The van der Waals surface area contributed by atoms with E-state index < -0.39 is 11.3 Å². The van der Waals surface area contributed by atoms with Gasteiger partial charge in [-0.1, -0.05) is 0 Å². The van der Waals surface area contributed by atoms with Crippen LogP contribution < -0.4 is 16.4 Å². The molecule has 0 aliphatic carbocycles. The summed E-state index contributed by atoms with van der Waals surface area (Å²) in [5, 5.41) is 5.56. The maximum atomic E-state index is 12.4. The highest BCUT2D eigenvalue weighted by molar-refractivity contribution is 6.09. The standard InChI is InChI=1S/C18H17N3O3/c1-18(2)13-9-11(5-8-14(13)21-17(18)24)16(23)20-12-6-3-10(4-7-12)15(19)22/h3-9H,1-2H3,(H2,19,22)(H,20,23)(H,21,24). The molecule has 122 valence electrons. The number of primary amides is 1. The van der Waals surface area contributed by atoms with Crippen molar-refractivity contribution in [2.24, 2.45) is 5.73 Å². The summed E-state index contributed by atoms with van der Waals surface area (Å²) >= 11 is 0. The number of carbonyl (C=O) groups is 3. The number of fused-ring (bicyclic) bond motifs is 1. The second kappa shape index (κ2) is 5.49. The summed E-state index contributed by atoms with van der Waals surface area (Å²) in [5.41, 5.74) is 7.42. The summed E-state index contributed by atoms with van der Waals surface area (Å²) in [5.74, 6) is -0.900. The molecule has 3 rings (SSSR count). The molecule has 2 aromatic rings. The van der Waals surface area contributed by atoms with E-state index in [-0.39, 0.29) is 11.8 Å². The van der Waals surface area contributed by atoms with Gasteiger partial charge in [0.2, 0.25) is 11.8 Å². The zero-order chi connectivity index (χ0) is 17.5. The van der Waals surface area contributed by atoms with Gasteiger partial charge in [-0.05, 0) is 61.9 Å². The Morgan fingerprint density at radius 2 is 1.67 bits per heavy atom. The van der Waals surface area contributed by atoms with Gasteiger partial charge in [-0.3, -0.25) is 14.4 Å². The number of hydrogen-bond acceptors (Lipinski definition) is 3. The van der Waals surface area contributed by atoms with Crippen molar-refractivity contribution in [1.82, 2.24) is 0 Å². The Bertz CT molecular complexity index is 854. The fourth-order valence-electron chi connectivity index (χ4n) is 2.63. The highest BCUT2D eigenvalue weighted by Crippen LogP contribution is 2.37. The summed E-state index contributed by atoms with van der Waals surface area (Å²) in [6.07, 6.45) is 0. The molecule has 0 radical (unpaired) electrons. The largest absolute Gasteiger partial charge is 0.366 e. The topological polar surface area (TPSA) is 101 Å². The van der Waals surface area contributed by atoms with Gasteiger partial charge in [0.05, 0.1) is 5.41 Å². The van der Waals surface area contributed by atoms with Crippen LogP contribution in [0.3, 0.4) is 0 Å². The Morgan fingerprint density at radius 3 is 2.29 bits per heavy atom. The van der Waals surface area contributed by atoms with Crippen molar-refractivity contribution in [3.05, 3.63) is 59.2 Å². The number of benzene rings is 2. The molecule has 0 bridgehead atoms. The lowest BCUT2D eigenvalue weighted by atomic mass is 9.85. The van der Waals surface area contributed by atoms with Crippen LogP contribution in [0, 0.1) is 0 Å². The first-order chi connectivity index (χ1) is 11.3. The second-order valence-corrected chi connectivity index (χ2v) is 6.24. The highest BCUT2D eigenvalue weighted by atomic mass is 16.2. The third-order valence-corrected chi connectivity index (χ3v) is 4.20. The fourth-order valence-corrected chi connectivity index (χ4v) is 2.63. The van der Waals surface area contributed by atoms with Crippen LogP contribution in [0.2, 0.25) is 0 Å². The van der Waals surface area contributed by atoms with Crippen LogP contribution in [0.5, 0.6) is 0 Å². The van der Waals surface area contributed by atoms with Crippen LogP contribution in [-0.2, 0) is 10.2 Å². The van der Waals surface area contributed by atoms with Crippen molar-refractivity contribution in [2.75, 3.05) is 10.6 Å². The molecule has 1 heterocycles. The number of nitrogens with two attached hydrogens (primary N) is 1. The lowest BCUT2D eigenvalue weighted by Gasteiger charge is -2.15. The van der Waals surface area contributed by atoms with Crippen molar-refractivity contribution < 1.29 is 14.4 Å². The van der Waals surface area contributed by atoms with Crippen molar-refractivity contribution >= 4 is 29.1 Å². The minimum Gasteiger partial charge on any atom is -0.366 e. The van der Waals surface area contributed by atoms with Crippen molar-refractivity contribution in [1.29, 1.82) is 0 Å². The number of amides is 3. The molecule has 1 aliphatic rings. The molecule has 0 unspecified atom stereocenters. The summed E-state index contributed by atoms with van der Waals surface area (Å²) in [6.45, 7) is 3.64. The molecule has 0 spiro atoms. The quantitative estimate of drug-likeness (QED) is 0.807. The van der Waals surface area contributed by atoms with Gasteiger partial charge in [-0.15, -0.1) is 0 Å². The van der Waals surface area contributed by atoms with E-state index >= 15 is 0 Å². The first-order valence-corrected chi connectivity index (χ1v) is 7.46. The van der Waals surface area contributed by atoms with E-state index in [1.165, 1.54) is 0 Å². The number of anilines is 2. The van der Waals surface area contributed by atoms with Gasteiger partial charge in [0.1, 0.15) is 0 Å². The number of carbonyl (C=O) groups excluding carboxylic acids is 3. The SMILES string of the molecule is CC1(C)C(=O)Nc2ccc(C(=O)Nc3ccc(C(N)=O)cc3)cc21. The smallest absolute Gasteiger partial charge is 0.255 e. The molecule has 4 N–H and O–H groups in total. The Balaban J connectivity index is 1.83. The van der Waals surface area contributed by atoms with E-state index in [1.54, 1.807) is 42.5 Å². The average Bonchev–Trinajstić information content (AvgIpc) is 2.77. The van der Waals surface area contributed by atoms with Crippen LogP contribution >= 0.6 is 0 Å². The normalized spacial score (nSPS) is 14.7. The van der Waals surface area contributed by atoms with Crippen LogP contribution in [-0.4, -0.2) is 17.7 Å². The Hall–Kier alpha value is -3.15. The summed E-state index contributed by atoms with van der Waals surface area (Å²) in [4.78, 5) is 35.4. The first-order valence-electron chi connectivity index (χ1n) is 7.46. The van der Waals surface area contributed by atoms with Gasteiger partial charge in [0, 0.05) is 22.5 Å². The van der Waals surface area contributed by atoms with Gasteiger partial charge in [-0.2, -0.15) is 0 Å². The van der Waals surface area contributed by atoms with Crippen molar-refractivity contribution in [3.63, 3.8) is 0 Å². The average molecular weight is 323 g/mol. The van der Waals surface area contributed by atoms with E-state index in [9.17, 15) is 14.4 Å². The summed E-state index contributed by atoms with van der Waals surface area (Å²) < 4.78 is 0. The molecule has 0 saturated heterocycles. The molecular formula is C18H17N3O3. The Morgan fingerprint density at radius 1 is 1.04 bits per heavy atom. The highest BCUT2D eigenvalue weighted by Gasteiger charge is 2.38. The predicted octanol–water partition coefficient (Wildman–Crippen LogP) is 2.27. The van der Waals surface area contributed by atoms with E-state index in [0.717, 1.165) is 11.3 Å². The molecular weight excluding hydrogens is 306 g/mol. The summed E-state index contributed by atoms with van der Waals surface area (Å²) in [6, 6.07) is 11.4. The predicted molar refractivity (Wildman–Crippen MR) is 91.0 cm³/mol. The zero-order valence-electron chi connectivity index (χ0n) is 13.3. The Labute approximate surface area is 139 Å². The molecule has 2 aromatic carbocycles. The van der Waals surface area contributed by atoms with Crippen molar-refractivity contribution in [3.8, 4) is 0 Å². The number of hydrogen-bond donors (Lipinski definition) is 3. The Kier molecular flexibility index (Phi) is 3.60. The number of rotatable bonds is 3.